The molecule has 0 spiro atoms. The number of nitrogens with one attached hydrogen (secondary N) is 2. The number of fused-ring (bicyclic) bond motifs is 1. The van der Waals surface area contributed by atoms with E-state index in [1.807, 2.05) is 0 Å². The molecule has 2 aliphatic heterocycles. The molecule has 2 amide bonds. The van der Waals surface area contributed by atoms with Crippen molar-refractivity contribution in [2.24, 2.45) is 0 Å². The predicted molar refractivity (Wildman–Crippen MR) is 106 cm³/mol. The molecule has 146 valence electrons. The lowest BCUT2D eigenvalue weighted by molar-refractivity contribution is -0.139. The van der Waals surface area contributed by atoms with Crippen LogP contribution in [0.15, 0.2) is 18.2 Å². The highest BCUT2D eigenvalue weighted by Crippen LogP contribution is 2.31. The summed E-state index contributed by atoms with van der Waals surface area (Å²) in [7, 11) is 2.15. The molecule has 1 atom stereocenters. The summed E-state index contributed by atoms with van der Waals surface area (Å²) in [6.45, 7) is 3.68. The van der Waals surface area contributed by atoms with Crippen molar-refractivity contribution in [3.8, 4) is 0 Å². The van der Waals surface area contributed by atoms with Gasteiger partial charge in [-0.2, -0.15) is 0 Å². The van der Waals surface area contributed by atoms with Gasteiger partial charge in [0.15, 0.2) is 0 Å². The van der Waals surface area contributed by atoms with Crippen LogP contribution in [-0.2, 0) is 16.0 Å². The third kappa shape index (κ3) is 4.26. The minimum absolute atomic E-state index is 0.128. The molecule has 6 heteroatoms. The van der Waals surface area contributed by atoms with E-state index < -0.39 is 11.8 Å². The molecule has 0 bridgehead atoms. The monoisotopic (exact) mass is 370 g/mol. The van der Waals surface area contributed by atoms with Gasteiger partial charge in [0.1, 0.15) is 0 Å². The van der Waals surface area contributed by atoms with Crippen LogP contribution >= 0.6 is 0 Å². The van der Waals surface area contributed by atoms with Gasteiger partial charge < -0.3 is 15.5 Å². The topological polar surface area (TPSA) is 64.7 Å². The van der Waals surface area contributed by atoms with Crippen molar-refractivity contribution in [3.63, 3.8) is 0 Å². The van der Waals surface area contributed by atoms with Gasteiger partial charge in [-0.25, -0.2) is 0 Å². The smallest absolute Gasteiger partial charge is 0.309 e. The highest BCUT2D eigenvalue weighted by Gasteiger charge is 2.29. The first-order valence-electron chi connectivity index (χ1n) is 10.3. The first-order chi connectivity index (χ1) is 13.1. The summed E-state index contributed by atoms with van der Waals surface area (Å²) in [5, 5.41) is 5.64. The van der Waals surface area contributed by atoms with E-state index in [-0.39, 0.29) is 12.1 Å². The van der Waals surface area contributed by atoms with Crippen LogP contribution in [-0.4, -0.2) is 56.0 Å². The molecule has 27 heavy (non-hydrogen) atoms. The van der Waals surface area contributed by atoms with Crippen LogP contribution in [0.1, 0.15) is 49.3 Å². The highest BCUT2D eigenvalue weighted by molar-refractivity contribution is 6.35. The Hall–Kier alpha value is -2.08. The molecule has 0 radical (unpaired) electrons. The zero-order chi connectivity index (χ0) is 18.8. The van der Waals surface area contributed by atoms with Crippen LogP contribution in [0.3, 0.4) is 0 Å². The Morgan fingerprint density at radius 2 is 1.89 bits per heavy atom. The number of likely N-dealkylation sites (tertiary alicyclic amines) is 1. The maximum Gasteiger partial charge on any atom is 0.309 e. The fourth-order valence-electron chi connectivity index (χ4n) is 4.27. The lowest BCUT2D eigenvalue weighted by Crippen LogP contribution is -2.44. The Morgan fingerprint density at radius 1 is 1.11 bits per heavy atom. The Labute approximate surface area is 161 Å². The zero-order valence-corrected chi connectivity index (χ0v) is 16.2. The van der Waals surface area contributed by atoms with Gasteiger partial charge in [-0.05, 0) is 68.8 Å². The summed E-state index contributed by atoms with van der Waals surface area (Å²) in [6, 6.07) is 7.05. The van der Waals surface area contributed by atoms with Gasteiger partial charge in [0.2, 0.25) is 0 Å². The van der Waals surface area contributed by atoms with E-state index in [1.54, 1.807) is 0 Å². The van der Waals surface area contributed by atoms with E-state index in [1.165, 1.54) is 36.1 Å². The molecule has 2 heterocycles. The van der Waals surface area contributed by atoms with Crippen molar-refractivity contribution in [1.82, 2.24) is 15.5 Å². The predicted octanol–water partition coefficient (Wildman–Crippen LogP) is 1.60. The van der Waals surface area contributed by atoms with Gasteiger partial charge in [-0.1, -0.05) is 12.1 Å². The minimum Gasteiger partial charge on any atom is -0.374 e. The van der Waals surface area contributed by atoms with Gasteiger partial charge in [0.25, 0.3) is 0 Å². The van der Waals surface area contributed by atoms with E-state index in [0.717, 1.165) is 38.9 Å². The van der Waals surface area contributed by atoms with Crippen LogP contribution in [0.25, 0.3) is 0 Å². The van der Waals surface area contributed by atoms with Crippen molar-refractivity contribution in [2.75, 3.05) is 38.1 Å². The average Bonchev–Trinajstić information content (AvgIpc) is 3.32. The van der Waals surface area contributed by atoms with Gasteiger partial charge >= 0.3 is 11.8 Å². The van der Waals surface area contributed by atoms with E-state index in [4.69, 9.17) is 0 Å². The molecule has 2 fully saturated rings. The lowest BCUT2D eigenvalue weighted by Gasteiger charge is -2.31. The lowest BCUT2D eigenvalue weighted by atomic mass is 9.96. The van der Waals surface area contributed by atoms with E-state index >= 15 is 0 Å². The van der Waals surface area contributed by atoms with Crippen molar-refractivity contribution < 1.29 is 9.59 Å². The van der Waals surface area contributed by atoms with E-state index in [0.29, 0.717) is 6.54 Å². The summed E-state index contributed by atoms with van der Waals surface area (Å²) >= 11 is 0. The molecule has 1 saturated carbocycles. The van der Waals surface area contributed by atoms with E-state index in [9.17, 15) is 9.59 Å². The van der Waals surface area contributed by atoms with Crippen LogP contribution < -0.4 is 15.5 Å². The molecule has 1 aliphatic carbocycles. The minimum atomic E-state index is -0.510. The molecule has 4 rings (SSSR count). The van der Waals surface area contributed by atoms with Crippen LogP contribution in [0, 0.1) is 0 Å². The molecule has 0 unspecified atom stereocenters. The Bertz CT molecular complexity index is 710. The number of hydrogen-bond donors (Lipinski definition) is 2. The number of amides is 2. The fraction of sp³-hybridized carbons (Fsp3) is 0.619. The summed E-state index contributed by atoms with van der Waals surface area (Å²) in [5.74, 6) is -1.01. The third-order valence-electron chi connectivity index (χ3n) is 6.00. The fourth-order valence-corrected chi connectivity index (χ4v) is 4.27. The average molecular weight is 370 g/mol. The second-order valence-corrected chi connectivity index (χ2v) is 8.13. The van der Waals surface area contributed by atoms with Crippen LogP contribution in [0.2, 0.25) is 0 Å². The molecule has 1 saturated heterocycles. The second-order valence-electron chi connectivity index (χ2n) is 8.13. The maximum absolute atomic E-state index is 12.2. The van der Waals surface area contributed by atoms with Gasteiger partial charge in [0.05, 0.1) is 6.04 Å². The number of carbonyl (C=O) groups excluding carboxylic acids is 2. The quantitative estimate of drug-likeness (QED) is 0.773. The number of carbonyl (C=O) groups is 2. The van der Waals surface area contributed by atoms with Crippen molar-refractivity contribution in [1.29, 1.82) is 0 Å². The summed E-state index contributed by atoms with van der Waals surface area (Å²) in [4.78, 5) is 28.9. The summed E-state index contributed by atoms with van der Waals surface area (Å²) in [6.07, 6.45) is 6.65. The van der Waals surface area contributed by atoms with Crippen molar-refractivity contribution in [2.45, 2.75) is 50.6 Å². The van der Waals surface area contributed by atoms with Crippen LogP contribution in [0.4, 0.5) is 5.69 Å². The van der Waals surface area contributed by atoms with Gasteiger partial charge in [-0.3, -0.25) is 14.5 Å². The normalized spacial score (nSPS) is 20.9. The maximum atomic E-state index is 12.2. The molecular formula is C21H30N4O2. The zero-order valence-electron chi connectivity index (χ0n) is 16.2. The molecule has 3 aliphatic rings. The first kappa shape index (κ1) is 18.3. The van der Waals surface area contributed by atoms with Crippen molar-refractivity contribution in [3.05, 3.63) is 29.3 Å². The summed E-state index contributed by atoms with van der Waals surface area (Å²) < 4.78 is 0. The molecular weight excluding hydrogens is 340 g/mol. The number of nitrogens with zero attached hydrogens (tertiary/aromatic N) is 2. The standard InChI is InChI=1S/C21H30N4O2/c1-24-10-4-5-15-13-16(6-9-18(15)24)19(25-11-2-3-12-25)14-22-20(26)21(27)23-17-7-8-17/h6,9,13,17,19H,2-5,7-8,10-12,14H2,1H3,(H,22,26)(H,23,27)/t19-/m1/s1. The molecule has 1 aromatic rings. The molecule has 6 nitrogen and oxygen atoms in total. The van der Waals surface area contributed by atoms with Crippen LogP contribution in [0.5, 0.6) is 0 Å². The van der Waals surface area contributed by atoms with Crippen molar-refractivity contribution >= 4 is 17.5 Å². The largest absolute Gasteiger partial charge is 0.374 e. The molecule has 0 aromatic heterocycles. The number of rotatable bonds is 5. The number of hydrogen-bond acceptors (Lipinski definition) is 4. The Morgan fingerprint density at radius 3 is 2.63 bits per heavy atom. The van der Waals surface area contributed by atoms with Gasteiger partial charge in [-0.15, -0.1) is 0 Å². The number of aryl methyl sites for hydroxylation is 1. The third-order valence-corrected chi connectivity index (χ3v) is 6.00. The SMILES string of the molecule is CN1CCCc2cc([C@@H](CNC(=O)C(=O)NC3CC3)N3CCCC3)ccc21. The van der Waals surface area contributed by atoms with E-state index in [2.05, 4.69) is 45.7 Å². The second kappa shape index (κ2) is 7.89. The number of benzene rings is 1. The number of anilines is 1. The van der Waals surface area contributed by atoms with Gasteiger partial charge in [0, 0.05) is 31.9 Å². The molecule has 2 N–H and O–H groups in total. The first-order valence-corrected chi connectivity index (χ1v) is 10.3. The summed E-state index contributed by atoms with van der Waals surface area (Å²) in [5.41, 5.74) is 3.95. The highest BCUT2D eigenvalue weighted by atomic mass is 16.2. The molecule has 1 aromatic carbocycles. The Balaban J connectivity index is 1.47. The Kier molecular flexibility index (Phi) is 5.34.